The molecule has 2 aromatic carbocycles. The first-order valence-corrected chi connectivity index (χ1v) is 8.63. The lowest BCUT2D eigenvalue weighted by molar-refractivity contribution is -0.119. The molecule has 29 heavy (non-hydrogen) atoms. The minimum Gasteiger partial charge on any atom is -0.484 e. The van der Waals surface area contributed by atoms with Gasteiger partial charge in [-0.15, -0.1) is 0 Å². The number of hydrogen-bond donors (Lipinski definition) is 2. The van der Waals surface area contributed by atoms with Crippen LogP contribution in [-0.4, -0.2) is 22.2 Å². The number of nitrogens with one attached hydrogen (secondary N) is 2. The number of carbonyl (C=O) groups excluding carboxylic acids is 1. The minimum absolute atomic E-state index is 0.258. The van der Waals surface area contributed by atoms with Crippen LogP contribution in [0.25, 0.3) is 21.9 Å². The number of benzene rings is 2. The molecule has 0 aliphatic rings. The molecule has 146 valence electrons. The second-order valence-corrected chi connectivity index (χ2v) is 6.35. The number of carbonyl (C=O) groups is 1. The number of H-pyrrole nitrogens is 1. The van der Waals surface area contributed by atoms with E-state index in [1.165, 1.54) is 18.2 Å². The topological polar surface area (TPSA) is 123 Å². The molecular formula is C20H15N3O6. The maximum Gasteiger partial charge on any atom is 0.348 e. The normalized spacial score (nSPS) is 10.9. The molecule has 2 N–H and O–H groups in total. The van der Waals surface area contributed by atoms with Gasteiger partial charge in [-0.3, -0.25) is 15.0 Å². The molecule has 0 aliphatic carbocycles. The van der Waals surface area contributed by atoms with Crippen LogP contribution >= 0.6 is 0 Å². The van der Waals surface area contributed by atoms with E-state index in [0.29, 0.717) is 21.5 Å². The lowest BCUT2D eigenvalue weighted by Gasteiger charge is -2.10. The molecule has 9 nitrogen and oxygen atoms in total. The summed E-state index contributed by atoms with van der Waals surface area (Å²) in [5.41, 5.74) is 1.77. The van der Waals surface area contributed by atoms with Crippen LogP contribution in [0.4, 0.5) is 0 Å². The number of aryl methyl sites for hydroxylation is 1. The Morgan fingerprint density at radius 2 is 1.90 bits per heavy atom. The predicted molar refractivity (Wildman–Crippen MR) is 106 cm³/mol. The highest BCUT2D eigenvalue weighted by molar-refractivity contribution is 5.86. The Morgan fingerprint density at radius 3 is 2.72 bits per heavy atom. The van der Waals surface area contributed by atoms with E-state index in [2.05, 4.69) is 10.4 Å². The molecule has 4 aromatic rings. The molecule has 0 atom stereocenters. The van der Waals surface area contributed by atoms with Crippen molar-refractivity contribution in [3.05, 3.63) is 85.4 Å². The van der Waals surface area contributed by atoms with E-state index in [0.717, 1.165) is 10.9 Å². The van der Waals surface area contributed by atoms with Crippen molar-refractivity contribution in [2.45, 2.75) is 6.92 Å². The summed E-state index contributed by atoms with van der Waals surface area (Å²) in [5.74, 6) is -0.417. The van der Waals surface area contributed by atoms with Crippen molar-refractivity contribution in [1.82, 2.24) is 9.66 Å². The van der Waals surface area contributed by atoms with Gasteiger partial charge >= 0.3 is 11.3 Å². The number of para-hydroxylation sites is 1. The summed E-state index contributed by atoms with van der Waals surface area (Å²) < 4.78 is 11.1. The fourth-order valence-electron chi connectivity index (χ4n) is 2.96. The van der Waals surface area contributed by atoms with E-state index >= 15 is 0 Å². The lowest BCUT2D eigenvalue weighted by atomic mass is 10.1. The first-order valence-electron chi connectivity index (χ1n) is 8.63. The fourth-order valence-corrected chi connectivity index (χ4v) is 2.96. The average Bonchev–Trinajstić information content (AvgIpc) is 2.69. The van der Waals surface area contributed by atoms with E-state index < -0.39 is 29.4 Å². The van der Waals surface area contributed by atoms with Gasteiger partial charge in [0.2, 0.25) is 0 Å². The molecule has 0 aliphatic heterocycles. The Bertz CT molecular complexity index is 1430. The summed E-state index contributed by atoms with van der Waals surface area (Å²) >= 11 is 0. The number of nitrogens with zero attached hydrogens (tertiary/aromatic N) is 1. The number of aromatic amines is 1. The Hall–Kier alpha value is -4.14. The van der Waals surface area contributed by atoms with Gasteiger partial charge in [-0.25, -0.2) is 9.59 Å². The van der Waals surface area contributed by atoms with Crippen LogP contribution in [0.15, 0.2) is 67.3 Å². The van der Waals surface area contributed by atoms with E-state index in [1.54, 1.807) is 37.3 Å². The van der Waals surface area contributed by atoms with Crippen molar-refractivity contribution < 1.29 is 13.9 Å². The summed E-state index contributed by atoms with van der Waals surface area (Å²) in [6.07, 6.45) is 0. The predicted octanol–water partition coefficient (Wildman–Crippen LogP) is 1.25. The Balaban J connectivity index is 1.53. The van der Waals surface area contributed by atoms with Gasteiger partial charge in [-0.2, -0.15) is 4.68 Å². The molecule has 1 amide bonds. The zero-order chi connectivity index (χ0) is 20.5. The van der Waals surface area contributed by atoms with Gasteiger partial charge in [0.05, 0.1) is 10.9 Å². The molecule has 9 heteroatoms. The fraction of sp³-hybridized carbons (Fsp3) is 0.100. The number of amides is 1. The van der Waals surface area contributed by atoms with Crippen LogP contribution in [0.1, 0.15) is 5.56 Å². The zero-order valence-electron chi connectivity index (χ0n) is 15.2. The van der Waals surface area contributed by atoms with Crippen LogP contribution < -0.4 is 27.0 Å². The minimum atomic E-state index is -0.773. The molecule has 0 bridgehead atoms. The molecule has 2 heterocycles. The molecule has 2 aromatic heterocycles. The number of aromatic nitrogens is 2. The van der Waals surface area contributed by atoms with Crippen molar-refractivity contribution in [3.8, 4) is 5.75 Å². The molecule has 0 saturated heterocycles. The first kappa shape index (κ1) is 18.2. The maximum atomic E-state index is 12.4. The van der Waals surface area contributed by atoms with E-state index in [9.17, 15) is 19.2 Å². The van der Waals surface area contributed by atoms with Gasteiger partial charge in [-0.1, -0.05) is 12.1 Å². The highest BCUT2D eigenvalue weighted by Crippen LogP contribution is 2.22. The van der Waals surface area contributed by atoms with Crippen molar-refractivity contribution in [1.29, 1.82) is 0 Å². The van der Waals surface area contributed by atoms with Crippen LogP contribution in [0.5, 0.6) is 5.75 Å². The highest BCUT2D eigenvalue weighted by Gasteiger charge is 2.11. The third-order valence-electron chi connectivity index (χ3n) is 4.33. The number of fused-ring (bicyclic) bond motifs is 2. The lowest BCUT2D eigenvalue weighted by Crippen LogP contribution is -2.44. The summed E-state index contributed by atoms with van der Waals surface area (Å²) in [5, 5.41) is 1.00. The highest BCUT2D eigenvalue weighted by atomic mass is 16.5. The van der Waals surface area contributed by atoms with Crippen LogP contribution in [0, 0.1) is 6.92 Å². The Kier molecular flexibility index (Phi) is 4.47. The van der Waals surface area contributed by atoms with Crippen molar-refractivity contribution in [3.63, 3.8) is 0 Å². The number of rotatable bonds is 4. The number of hydrogen-bond acceptors (Lipinski definition) is 6. The smallest absolute Gasteiger partial charge is 0.348 e. The molecule has 4 rings (SSSR count). The zero-order valence-corrected chi connectivity index (χ0v) is 15.2. The van der Waals surface area contributed by atoms with Gasteiger partial charge in [0.15, 0.2) is 6.61 Å². The van der Waals surface area contributed by atoms with E-state index in [4.69, 9.17) is 9.15 Å². The largest absolute Gasteiger partial charge is 0.484 e. The SMILES string of the molecule is Cc1cc(=O)oc2cc(OCC(=O)Nn3c(=O)[nH]c4ccccc4c3=O)ccc12. The third kappa shape index (κ3) is 3.53. The summed E-state index contributed by atoms with van der Waals surface area (Å²) in [7, 11) is 0. The molecule has 0 unspecified atom stereocenters. The summed E-state index contributed by atoms with van der Waals surface area (Å²) in [4.78, 5) is 50.7. The molecule has 0 saturated carbocycles. The molecule has 0 spiro atoms. The Labute approximate surface area is 162 Å². The molecule has 0 radical (unpaired) electrons. The second kappa shape index (κ2) is 7.12. The monoisotopic (exact) mass is 393 g/mol. The Morgan fingerprint density at radius 1 is 1.10 bits per heavy atom. The van der Waals surface area contributed by atoms with E-state index in [1.807, 2.05) is 0 Å². The van der Waals surface area contributed by atoms with Gasteiger partial charge in [0.25, 0.3) is 11.5 Å². The van der Waals surface area contributed by atoms with Gasteiger partial charge in [0, 0.05) is 17.5 Å². The van der Waals surface area contributed by atoms with Crippen molar-refractivity contribution in [2.75, 3.05) is 12.0 Å². The summed E-state index contributed by atoms with van der Waals surface area (Å²) in [6, 6.07) is 12.7. The van der Waals surface area contributed by atoms with Gasteiger partial charge < -0.3 is 14.1 Å². The quantitative estimate of drug-likeness (QED) is 0.503. The van der Waals surface area contributed by atoms with Gasteiger partial charge in [-0.05, 0) is 36.8 Å². The standard InChI is InChI=1S/C20H15N3O6/c1-11-8-18(25)29-16-9-12(6-7-13(11)16)28-10-17(24)22-23-19(26)14-4-2-3-5-15(14)21-20(23)27/h2-9H,10H2,1H3,(H,21,27)(H,22,24). The van der Waals surface area contributed by atoms with Crippen LogP contribution in [0.3, 0.4) is 0 Å². The van der Waals surface area contributed by atoms with Crippen LogP contribution in [0.2, 0.25) is 0 Å². The van der Waals surface area contributed by atoms with Crippen molar-refractivity contribution >= 4 is 27.8 Å². The second-order valence-electron chi connectivity index (χ2n) is 6.35. The van der Waals surface area contributed by atoms with Crippen LogP contribution in [-0.2, 0) is 4.79 Å². The summed E-state index contributed by atoms with van der Waals surface area (Å²) in [6.45, 7) is 1.33. The maximum absolute atomic E-state index is 12.4. The molecular weight excluding hydrogens is 378 g/mol. The molecule has 0 fully saturated rings. The van der Waals surface area contributed by atoms with E-state index in [-0.39, 0.29) is 5.39 Å². The average molecular weight is 393 g/mol. The van der Waals surface area contributed by atoms with Crippen molar-refractivity contribution in [2.24, 2.45) is 0 Å². The third-order valence-corrected chi connectivity index (χ3v) is 4.33. The first-order chi connectivity index (χ1) is 13.9. The number of ether oxygens (including phenoxy) is 1. The van der Waals surface area contributed by atoms with Gasteiger partial charge in [0.1, 0.15) is 11.3 Å².